The first-order chi connectivity index (χ1) is 13.6. The van der Waals surface area contributed by atoms with Crippen molar-refractivity contribution in [3.8, 4) is 17.1 Å². The van der Waals surface area contributed by atoms with E-state index in [1.807, 2.05) is 24.3 Å². The van der Waals surface area contributed by atoms with E-state index in [0.717, 1.165) is 27.8 Å². The molecule has 4 aromatic rings. The van der Waals surface area contributed by atoms with Gasteiger partial charge in [0, 0.05) is 29.4 Å². The molecule has 28 heavy (non-hydrogen) atoms. The van der Waals surface area contributed by atoms with Crippen LogP contribution in [0.5, 0.6) is 5.75 Å². The van der Waals surface area contributed by atoms with Crippen molar-refractivity contribution in [1.82, 2.24) is 9.97 Å². The molecule has 0 spiro atoms. The van der Waals surface area contributed by atoms with Gasteiger partial charge in [0.1, 0.15) is 23.8 Å². The van der Waals surface area contributed by atoms with Gasteiger partial charge >= 0.3 is 5.97 Å². The number of aliphatic carboxylic acids is 1. The summed E-state index contributed by atoms with van der Waals surface area (Å²) in [5.41, 5.74) is 9.60. The average Bonchev–Trinajstić information content (AvgIpc) is 3.35. The van der Waals surface area contributed by atoms with Gasteiger partial charge in [-0.3, -0.25) is 4.79 Å². The molecule has 2 heterocycles. The van der Waals surface area contributed by atoms with Crippen molar-refractivity contribution < 1.29 is 19.1 Å². The van der Waals surface area contributed by atoms with Crippen LogP contribution < -0.4 is 10.5 Å². The lowest BCUT2D eigenvalue weighted by atomic mass is 10.1. The van der Waals surface area contributed by atoms with Crippen LogP contribution in [0.1, 0.15) is 16.8 Å². The molecule has 0 bridgehead atoms. The topological polar surface area (TPSA) is 114 Å². The zero-order valence-corrected chi connectivity index (χ0v) is 15.0. The van der Waals surface area contributed by atoms with Gasteiger partial charge in [0.15, 0.2) is 0 Å². The maximum atomic E-state index is 11.1. The van der Waals surface area contributed by atoms with Gasteiger partial charge in [-0.1, -0.05) is 18.2 Å². The number of nitrogens with zero attached hydrogens (tertiary/aromatic N) is 1. The minimum atomic E-state index is -0.897. The predicted octanol–water partition coefficient (Wildman–Crippen LogP) is 3.49. The van der Waals surface area contributed by atoms with Crippen LogP contribution in [-0.2, 0) is 24.4 Å². The molecule has 0 radical (unpaired) electrons. The Balaban J connectivity index is 1.64. The number of hydrogen-bond donors (Lipinski definition) is 3. The van der Waals surface area contributed by atoms with Crippen molar-refractivity contribution in [1.29, 1.82) is 0 Å². The Hall–Kier alpha value is -3.58. The molecule has 7 nitrogen and oxygen atoms in total. The molecular weight excluding hydrogens is 358 g/mol. The Morgan fingerprint density at radius 3 is 2.89 bits per heavy atom. The minimum Gasteiger partial charge on any atom is -0.489 e. The van der Waals surface area contributed by atoms with Crippen molar-refractivity contribution in [2.45, 2.75) is 19.6 Å². The number of aromatic nitrogens is 2. The van der Waals surface area contributed by atoms with E-state index in [1.165, 1.54) is 0 Å². The molecule has 0 aliphatic rings. The Bertz CT molecular complexity index is 1130. The fourth-order valence-corrected chi connectivity index (χ4v) is 3.12. The highest BCUT2D eigenvalue weighted by atomic mass is 16.5. The van der Waals surface area contributed by atoms with Crippen LogP contribution in [0.4, 0.5) is 0 Å². The van der Waals surface area contributed by atoms with Crippen LogP contribution in [0.15, 0.2) is 59.3 Å². The van der Waals surface area contributed by atoms with E-state index < -0.39 is 5.97 Å². The van der Waals surface area contributed by atoms with E-state index in [1.54, 1.807) is 30.7 Å². The van der Waals surface area contributed by atoms with Crippen LogP contribution in [-0.4, -0.2) is 21.0 Å². The first-order valence-corrected chi connectivity index (χ1v) is 8.81. The monoisotopic (exact) mass is 377 g/mol. The summed E-state index contributed by atoms with van der Waals surface area (Å²) in [5, 5.41) is 10.0. The second-order valence-corrected chi connectivity index (χ2v) is 6.41. The maximum Gasteiger partial charge on any atom is 0.307 e. The number of furan rings is 1. The van der Waals surface area contributed by atoms with Crippen LogP contribution in [0.2, 0.25) is 0 Å². The third-order valence-corrected chi connectivity index (χ3v) is 4.42. The van der Waals surface area contributed by atoms with E-state index >= 15 is 0 Å². The minimum absolute atomic E-state index is 0.0869. The number of nitrogens with two attached hydrogens (primary N) is 1. The number of para-hydroxylation sites is 1. The van der Waals surface area contributed by atoms with Gasteiger partial charge in [-0.25, -0.2) is 4.98 Å². The largest absolute Gasteiger partial charge is 0.489 e. The second kappa shape index (κ2) is 7.58. The molecule has 0 atom stereocenters. The van der Waals surface area contributed by atoms with Gasteiger partial charge in [0.05, 0.1) is 18.2 Å². The fourth-order valence-electron chi connectivity index (χ4n) is 3.12. The zero-order valence-electron chi connectivity index (χ0n) is 15.0. The highest BCUT2D eigenvalue weighted by molar-refractivity contribution is 5.91. The molecule has 0 saturated carbocycles. The third kappa shape index (κ3) is 3.60. The van der Waals surface area contributed by atoms with E-state index in [2.05, 4.69) is 9.97 Å². The molecule has 142 valence electrons. The lowest BCUT2D eigenvalue weighted by molar-refractivity contribution is -0.136. The lowest BCUT2D eigenvalue weighted by Crippen LogP contribution is -2.04. The number of hydrogen-bond acceptors (Lipinski definition) is 5. The number of carboxylic acid groups (broad SMARTS) is 1. The number of carbonyl (C=O) groups is 1. The van der Waals surface area contributed by atoms with Gasteiger partial charge in [-0.2, -0.15) is 0 Å². The van der Waals surface area contributed by atoms with Gasteiger partial charge in [-0.15, -0.1) is 0 Å². The molecule has 0 aliphatic carbocycles. The van der Waals surface area contributed by atoms with Crippen LogP contribution in [0, 0.1) is 0 Å². The molecule has 0 unspecified atom stereocenters. The van der Waals surface area contributed by atoms with Crippen molar-refractivity contribution in [2.75, 3.05) is 0 Å². The maximum absolute atomic E-state index is 11.1. The number of ether oxygens (including phenoxy) is 1. The average molecular weight is 377 g/mol. The standard InChI is InChI=1S/C21H19N3O4/c22-10-16-11-23-21(24-16)17-8-13(7-15-5-6-27-20(15)17)12-28-18-4-2-1-3-14(18)9-19(25)26/h1-8,11H,9-10,12,22H2,(H,23,24)(H,25,26). The Morgan fingerprint density at radius 2 is 2.11 bits per heavy atom. The quantitative estimate of drug-likeness (QED) is 0.454. The summed E-state index contributed by atoms with van der Waals surface area (Å²) in [6.45, 7) is 0.659. The highest BCUT2D eigenvalue weighted by Crippen LogP contribution is 2.30. The number of imidazole rings is 1. The summed E-state index contributed by atoms with van der Waals surface area (Å²) < 4.78 is 11.6. The Kier molecular flexibility index (Phi) is 4.82. The number of fused-ring (bicyclic) bond motifs is 1. The van der Waals surface area contributed by atoms with Crippen molar-refractivity contribution in [2.24, 2.45) is 5.73 Å². The predicted molar refractivity (Wildman–Crippen MR) is 104 cm³/mol. The van der Waals surface area contributed by atoms with Crippen LogP contribution >= 0.6 is 0 Å². The zero-order chi connectivity index (χ0) is 19.5. The molecule has 4 N–H and O–H groups in total. The van der Waals surface area contributed by atoms with Gasteiger partial charge in [0.25, 0.3) is 0 Å². The van der Waals surface area contributed by atoms with E-state index in [4.69, 9.17) is 20.0 Å². The fraction of sp³-hybridized carbons (Fsp3) is 0.143. The van der Waals surface area contributed by atoms with Crippen molar-refractivity contribution >= 4 is 16.9 Å². The van der Waals surface area contributed by atoms with Gasteiger partial charge < -0.3 is 25.0 Å². The molecule has 4 rings (SSSR count). The van der Waals surface area contributed by atoms with E-state index in [-0.39, 0.29) is 13.0 Å². The number of nitrogens with one attached hydrogen (secondary N) is 1. The van der Waals surface area contributed by atoms with Crippen LogP contribution in [0.25, 0.3) is 22.4 Å². The van der Waals surface area contributed by atoms with Crippen LogP contribution in [0.3, 0.4) is 0 Å². The molecule has 2 aromatic carbocycles. The van der Waals surface area contributed by atoms with Gasteiger partial charge in [0.2, 0.25) is 0 Å². The SMILES string of the molecule is NCc1cnc(-c2cc(COc3ccccc3CC(=O)O)cc3ccoc23)[nH]1. The summed E-state index contributed by atoms with van der Waals surface area (Å²) in [5.74, 6) is 0.336. The number of rotatable bonds is 7. The Labute approximate surface area is 160 Å². The molecule has 0 saturated heterocycles. The van der Waals surface area contributed by atoms with Gasteiger partial charge in [-0.05, 0) is 29.8 Å². The second-order valence-electron chi connectivity index (χ2n) is 6.41. The number of benzene rings is 2. The lowest BCUT2D eigenvalue weighted by Gasteiger charge is -2.11. The smallest absolute Gasteiger partial charge is 0.307 e. The summed E-state index contributed by atoms with van der Waals surface area (Å²) in [7, 11) is 0. The molecule has 0 fully saturated rings. The third-order valence-electron chi connectivity index (χ3n) is 4.42. The van der Waals surface area contributed by atoms with Crippen molar-refractivity contribution in [3.63, 3.8) is 0 Å². The molecule has 0 amide bonds. The normalized spacial score (nSPS) is 11.0. The summed E-state index contributed by atoms with van der Waals surface area (Å²) in [4.78, 5) is 18.6. The summed E-state index contributed by atoms with van der Waals surface area (Å²) >= 11 is 0. The number of carboxylic acids is 1. The van der Waals surface area contributed by atoms with E-state index in [9.17, 15) is 4.79 Å². The van der Waals surface area contributed by atoms with Crippen molar-refractivity contribution in [3.05, 3.63) is 71.7 Å². The molecular formula is C21H19N3O4. The molecule has 0 aliphatic heterocycles. The highest BCUT2D eigenvalue weighted by Gasteiger charge is 2.14. The first-order valence-electron chi connectivity index (χ1n) is 8.81. The summed E-state index contributed by atoms with van der Waals surface area (Å²) in [6, 6.07) is 13.0. The number of aromatic amines is 1. The summed E-state index contributed by atoms with van der Waals surface area (Å²) in [6.07, 6.45) is 3.25. The number of H-pyrrole nitrogens is 1. The van der Waals surface area contributed by atoms with E-state index in [0.29, 0.717) is 23.7 Å². The first kappa shape index (κ1) is 17.8. The molecule has 2 aromatic heterocycles. The Morgan fingerprint density at radius 1 is 1.25 bits per heavy atom. The molecule has 7 heteroatoms.